The van der Waals surface area contributed by atoms with Gasteiger partial charge in [0, 0.05) is 44.3 Å². The van der Waals surface area contributed by atoms with Crippen LogP contribution in [-0.4, -0.2) is 52.5 Å². The molecule has 1 unspecified atom stereocenters. The van der Waals surface area contributed by atoms with Crippen LogP contribution in [0.5, 0.6) is 0 Å². The second kappa shape index (κ2) is 7.79. The molecule has 1 N–H and O–H groups in total. The predicted octanol–water partition coefficient (Wildman–Crippen LogP) is 2.19. The van der Waals surface area contributed by atoms with Crippen LogP contribution in [0.3, 0.4) is 0 Å². The molecule has 0 bridgehead atoms. The summed E-state index contributed by atoms with van der Waals surface area (Å²) in [7, 11) is 0. The van der Waals surface area contributed by atoms with Crippen molar-refractivity contribution in [1.29, 1.82) is 0 Å². The molecular formula is C19H26N2O3. The Bertz CT molecular complexity index is 602. The Morgan fingerprint density at radius 2 is 2.12 bits per heavy atom. The molecule has 1 aromatic rings. The standard InChI is InChI=1S/C19H26N2O3/c22-12-4-8-17-7-2-11-21(17)19(24)16-6-1-5-15(13-16)14-20-10-3-9-18(20)23/h1,5-6,13,17,22H,2-4,7-12,14H2. The van der Waals surface area contributed by atoms with Crippen LogP contribution in [-0.2, 0) is 11.3 Å². The first-order valence-electron chi connectivity index (χ1n) is 8.97. The Labute approximate surface area is 143 Å². The first-order valence-corrected chi connectivity index (χ1v) is 8.97. The molecule has 24 heavy (non-hydrogen) atoms. The number of rotatable bonds is 6. The molecule has 0 aromatic heterocycles. The maximum Gasteiger partial charge on any atom is 0.254 e. The molecule has 1 aromatic carbocycles. The minimum Gasteiger partial charge on any atom is -0.396 e. The van der Waals surface area contributed by atoms with Crippen molar-refractivity contribution in [2.45, 2.75) is 51.1 Å². The third-order valence-electron chi connectivity index (χ3n) is 5.05. The highest BCUT2D eigenvalue weighted by Gasteiger charge is 2.29. The van der Waals surface area contributed by atoms with Gasteiger partial charge in [0.2, 0.25) is 5.91 Å². The third-order valence-corrected chi connectivity index (χ3v) is 5.05. The number of carbonyl (C=O) groups excluding carboxylic acids is 2. The van der Waals surface area contributed by atoms with Crippen molar-refractivity contribution in [3.8, 4) is 0 Å². The Hall–Kier alpha value is -1.88. The van der Waals surface area contributed by atoms with Gasteiger partial charge in [-0.1, -0.05) is 12.1 Å². The second-order valence-electron chi connectivity index (χ2n) is 6.78. The summed E-state index contributed by atoms with van der Waals surface area (Å²) in [4.78, 5) is 28.5. The number of amides is 2. The summed E-state index contributed by atoms with van der Waals surface area (Å²) in [5.41, 5.74) is 1.72. The lowest BCUT2D eigenvalue weighted by molar-refractivity contribution is -0.128. The van der Waals surface area contributed by atoms with Gasteiger partial charge in [0.25, 0.3) is 5.91 Å². The minimum absolute atomic E-state index is 0.0741. The number of hydrogen-bond acceptors (Lipinski definition) is 3. The van der Waals surface area contributed by atoms with Gasteiger partial charge in [-0.05, 0) is 49.8 Å². The molecule has 2 amide bonds. The van der Waals surface area contributed by atoms with Crippen molar-refractivity contribution in [1.82, 2.24) is 9.80 Å². The first kappa shape index (κ1) is 17.0. The van der Waals surface area contributed by atoms with Crippen LogP contribution in [0.1, 0.15) is 54.4 Å². The van der Waals surface area contributed by atoms with E-state index in [-0.39, 0.29) is 24.5 Å². The highest BCUT2D eigenvalue weighted by atomic mass is 16.3. The zero-order chi connectivity index (χ0) is 16.9. The van der Waals surface area contributed by atoms with Crippen LogP contribution in [0.25, 0.3) is 0 Å². The fourth-order valence-corrected chi connectivity index (χ4v) is 3.79. The summed E-state index contributed by atoms with van der Waals surface area (Å²) in [5.74, 6) is 0.278. The molecule has 2 saturated heterocycles. The molecule has 5 nitrogen and oxygen atoms in total. The molecule has 1 atom stereocenters. The molecule has 2 aliphatic rings. The Kier molecular flexibility index (Phi) is 5.51. The molecule has 0 aliphatic carbocycles. The van der Waals surface area contributed by atoms with E-state index in [4.69, 9.17) is 5.11 Å². The van der Waals surface area contributed by atoms with E-state index in [1.807, 2.05) is 34.1 Å². The minimum atomic E-state index is 0.0741. The van der Waals surface area contributed by atoms with E-state index in [9.17, 15) is 9.59 Å². The number of nitrogens with zero attached hydrogens (tertiary/aromatic N) is 2. The zero-order valence-corrected chi connectivity index (χ0v) is 14.1. The third kappa shape index (κ3) is 3.78. The van der Waals surface area contributed by atoms with Gasteiger partial charge in [-0.25, -0.2) is 0 Å². The second-order valence-corrected chi connectivity index (χ2v) is 6.78. The molecule has 3 rings (SSSR count). The van der Waals surface area contributed by atoms with Gasteiger partial charge in [0.1, 0.15) is 0 Å². The summed E-state index contributed by atoms with van der Waals surface area (Å²) in [5, 5.41) is 9.03. The largest absolute Gasteiger partial charge is 0.396 e. The van der Waals surface area contributed by atoms with Crippen LogP contribution < -0.4 is 0 Å². The van der Waals surface area contributed by atoms with E-state index in [0.29, 0.717) is 18.5 Å². The fraction of sp³-hybridized carbons (Fsp3) is 0.579. The van der Waals surface area contributed by atoms with Gasteiger partial charge < -0.3 is 14.9 Å². The van der Waals surface area contributed by atoms with Gasteiger partial charge in [0.15, 0.2) is 0 Å². The number of likely N-dealkylation sites (tertiary alicyclic amines) is 2. The Morgan fingerprint density at radius 3 is 2.88 bits per heavy atom. The summed E-state index contributed by atoms with van der Waals surface area (Å²) >= 11 is 0. The van der Waals surface area contributed by atoms with Crippen molar-refractivity contribution in [3.05, 3.63) is 35.4 Å². The highest BCUT2D eigenvalue weighted by Crippen LogP contribution is 2.24. The van der Waals surface area contributed by atoms with E-state index >= 15 is 0 Å². The number of benzene rings is 1. The molecule has 2 aliphatic heterocycles. The molecule has 0 radical (unpaired) electrons. The fourth-order valence-electron chi connectivity index (χ4n) is 3.79. The van der Waals surface area contributed by atoms with Crippen molar-refractivity contribution < 1.29 is 14.7 Å². The van der Waals surface area contributed by atoms with Crippen molar-refractivity contribution >= 4 is 11.8 Å². The molecule has 0 saturated carbocycles. The van der Waals surface area contributed by atoms with Gasteiger partial charge in [-0.3, -0.25) is 9.59 Å². The van der Waals surface area contributed by atoms with Gasteiger partial charge >= 0.3 is 0 Å². The highest BCUT2D eigenvalue weighted by molar-refractivity contribution is 5.94. The predicted molar refractivity (Wildman–Crippen MR) is 91.5 cm³/mol. The first-order chi connectivity index (χ1) is 11.7. The van der Waals surface area contributed by atoms with Crippen LogP contribution in [0.2, 0.25) is 0 Å². The lowest BCUT2D eigenvalue weighted by Gasteiger charge is -2.25. The van der Waals surface area contributed by atoms with Crippen LogP contribution in [0, 0.1) is 0 Å². The Morgan fingerprint density at radius 1 is 1.25 bits per heavy atom. The number of aliphatic hydroxyl groups excluding tert-OH is 1. The average molecular weight is 330 g/mol. The summed E-state index contributed by atoms with van der Waals surface area (Å²) in [6, 6.07) is 7.92. The van der Waals surface area contributed by atoms with E-state index in [1.54, 1.807) is 0 Å². The van der Waals surface area contributed by atoms with E-state index in [2.05, 4.69) is 0 Å². The van der Waals surface area contributed by atoms with Crippen LogP contribution >= 0.6 is 0 Å². The SMILES string of the molecule is O=C1CCCN1Cc1cccc(C(=O)N2CCCC2CCCO)c1. The summed E-state index contributed by atoms with van der Waals surface area (Å²) < 4.78 is 0. The van der Waals surface area contributed by atoms with Crippen molar-refractivity contribution in [2.24, 2.45) is 0 Å². The van der Waals surface area contributed by atoms with Crippen LogP contribution in [0.15, 0.2) is 24.3 Å². The van der Waals surface area contributed by atoms with Gasteiger partial charge in [-0.15, -0.1) is 0 Å². The summed E-state index contributed by atoms with van der Waals surface area (Å²) in [6.07, 6.45) is 5.23. The molecule has 0 spiro atoms. The van der Waals surface area contributed by atoms with E-state index in [0.717, 1.165) is 50.8 Å². The Balaban J connectivity index is 1.68. The van der Waals surface area contributed by atoms with E-state index < -0.39 is 0 Å². The molecule has 2 heterocycles. The smallest absolute Gasteiger partial charge is 0.254 e. The normalized spacial score (nSPS) is 20.9. The van der Waals surface area contributed by atoms with Crippen molar-refractivity contribution in [2.75, 3.05) is 19.7 Å². The zero-order valence-electron chi connectivity index (χ0n) is 14.1. The van der Waals surface area contributed by atoms with Crippen LogP contribution in [0.4, 0.5) is 0 Å². The molecule has 130 valence electrons. The van der Waals surface area contributed by atoms with Crippen molar-refractivity contribution in [3.63, 3.8) is 0 Å². The number of hydrogen-bond donors (Lipinski definition) is 1. The van der Waals surface area contributed by atoms with Gasteiger partial charge in [-0.2, -0.15) is 0 Å². The average Bonchev–Trinajstić information content (AvgIpc) is 3.22. The molecule has 2 fully saturated rings. The van der Waals surface area contributed by atoms with Gasteiger partial charge in [0.05, 0.1) is 0 Å². The molecular weight excluding hydrogens is 304 g/mol. The molecule has 5 heteroatoms. The topological polar surface area (TPSA) is 60.9 Å². The monoisotopic (exact) mass is 330 g/mol. The lowest BCUT2D eigenvalue weighted by atomic mass is 10.1. The number of carbonyl (C=O) groups is 2. The maximum absolute atomic E-state index is 12.9. The quantitative estimate of drug-likeness (QED) is 0.870. The maximum atomic E-state index is 12.9. The number of aliphatic hydroxyl groups is 1. The summed E-state index contributed by atoms with van der Waals surface area (Å²) in [6.45, 7) is 2.38. The lowest BCUT2D eigenvalue weighted by Crippen LogP contribution is -2.35. The van der Waals surface area contributed by atoms with E-state index in [1.165, 1.54) is 0 Å².